The fraction of sp³-hybridized carbons (Fsp3) is 0.0714. The van der Waals surface area contributed by atoms with E-state index in [-0.39, 0.29) is 5.56 Å². The number of aromatic nitrogens is 2. The lowest BCUT2D eigenvalue weighted by Gasteiger charge is -1.99. The molecule has 0 spiro atoms. The molecule has 0 bridgehead atoms. The van der Waals surface area contributed by atoms with E-state index in [1.165, 1.54) is 0 Å². The van der Waals surface area contributed by atoms with Crippen LogP contribution in [-0.4, -0.2) is 9.97 Å². The molecule has 0 aliphatic carbocycles. The van der Waals surface area contributed by atoms with E-state index in [1.807, 2.05) is 25.1 Å². The van der Waals surface area contributed by atoms with Crippen molar-refractivity contribution in [2.24, 2.45) is 0 Å². The summed E-state index contributed by atoms with van der Waals surface area (Å²) in [7, 11) is 0. The number of fused-ring (bicyclic) bond motifs is 1. The van der Waals surface area contributed by atoms with Crippen molar-refractivity contribution >= 4 is 11.0 Å². The van der Waals surface area contributed by atoms with Gasteiger partial charge in [-0.15, -0.1) is 0 Å². The number of aryl methyl sites for hydroxylation is 1. The Hall–Kier alpha value is -2.30. The standard InChI is InChI=1S/C14H9F3N2/c1-7-3-2-4-11-13(7)19-14(18-11)8-5-9(15)12(17)10(16)6-8/h2-6H,1H3,(H,18,19). The molecule has 0 amide bonds. The van der Waals surface area contributed by atoms with Gasteiger partial charge in [0, 0.05) is 5.56 Å². The molecule has 1 N–H and O–H groups in total. The molecule has 0 saturated heterocycles. The van der Waals surface area contributed by atoms with Crippen molar-refractivity contribution in [2.45, 2.75) is 6.92 Å². The number of halogens is 3. The van der Waals surface area contributed by atoms with E-state index in [0.717, 1.165) is 28.7 Å². The number of nitrogens with zero attached hydrogens (tertiary/aromatic N) is 1. The van der Waals surface area contributed by atoms with Crippen molar-refractivity contribution in [1.29, 1.82) is 0 Å². The van der Waals surface area contributed by atoms with Crippen LogP contribution in [0.15, 0.2) is 30.3 Å². The maximum Gasteiger partial charge on any atom is 0.194 e. The van der Waals surface area contributed by atoms with Gasteiger partial charge in [-0.05, 0) is 30.7 Å². The van der Waals surface area contributed by atoms with Crippen LogP contribution in [0.3, 0.4) is 0 Å². The Morgan fingerprint density at radius 3 is 2.37 bits per heavy atom. The predicted octanol–water partition coefficient (Wildman–Crippen LogP) is 3.96. The Morgan fingerprint density at radius 2 is 1.74 bits per heavy atom. The maximum atomic E-state index is 13.2. The summed E-state index contributed by atoms with van der Waals surface area (Å²) in [5, 5.41) is 0. The summed E-state index contributed by atoms with van der Waals surface area (Å²) >= 11 is 0. The minimum Gasteiger partial charge on any atom is -0.338 e. The highest BCUT2D eigenvalue weighted by Crippen LogP contribution is 2.25. The Bertz CT molecular complexity index is 754. The Kier molecular flexibility index (Phi) is 2.55. The molecule has 0 atom stereocenters. The average Bonchev–Trinajstić information content (AvgIpc) is 2.81. The molecule has 5 heteroatoms. The van der Waals surface area contributed by atoms with E-state index in [0.29, 0.717) is 5.82 Å². The minimum atomic E-state index is -1.48. The number of imidazole rings is 1. The first-order valence-corrected chi connectivity index (χ1v) is 5.66. The SMILES string of the molecule is Cc1cccc2[nH]c(-c3cc(F)c(F)c(F)c3)nc12. The second kappa shape index (κ2) is 4.12. The van der Waals surface area contributed by atoms with Gasteiger partial charge in [-0.2, -0.15) is 0 Å². The van der Waals surface area contributed by atoms with E-state index in [1.54, 1.807) is 0 Å². The molecule has 0 fully saturated rings. The fourth-order valence-corrected chi connectivity index (χ4v) is 2.00. The van der Waals surface area contributed by atoms with Gasteiger partial charge in [0.1, 0.15) is 5.82 Å². The summed E-state index contributed by atoms with van der Waals surface area (Å²) in [4.78, 5) is 7.24. The summed E-state index contributed by atoms with van der Waals surface area (Å²) < 4.78 is 39.3. The van der Waals surface area contributed by atoms with E-state index in [4.69, 9.17) is 0 Å². The molecule has 19 heavy (non-hydrogen) atoms. The highest BCUT2D eigenvalue weighted by Gasteiger charge is 2.14. The second-order valence-electron chi connectivity index (χ2n) is 4.31. The Morgan fingerprint density at radius 1 is 1.05 bits per heavy atom. The molecule has 0 aliphatic rings. The first-order valence-electron chi connectivity index (χ1n) is 5.66. The Labute approximate surface area is 106 Å². The molecule has 2 nitrogen and oxygen atoms in total. The lowest BCUT2D eigenvalue weighted by atomic mass is 10.2. The maximum absolute atomic E-state index is 13.2. The monoisotopic (exact) mass is 262 g/mol. The van der Waals surface area contributed by atoms with Gasteiger partial charge in [-0.1, -0.05) is 12.1 Å². The molecule has 96 valence electrons. The van der Waals surface area contributed by atoms with E-state index >= 15 is 0 Å². The molecule has 1 aromatic heterocycles. The quantitative estimate of drug-likeness (QED) is 0.661. The Balaban J connectivity index is 2.22. The van der Waals surface area contributed by atoms with E-state index in [2.05, 4.69) is 9.97 Å². The molecular formula is C14H9F3N2. The van der Waals surface area contributed by atoms with Crippen LogP contribution in [0.5, 0.6) is 0 Å². The zero-order chi connectivity index (χ0) is 13.6. The summed E-state index contributed by atoms with van der Waals surface area (Å²) in [6, 6.07) is 7.40. The normalized spacial score (nSPS) is 11.2. The van der Waals surface area contributed by atoms with Crippen molar-refractivity contribution in [3.63, 3.8) is 0 Å². The van der Waals surface area contributed by atoms with Crippen molar-refractivity contribution in [3.8, 4) is 11.4 Å². The van der Waals surface area contributed by atoms with Crippen LogP contribution in [0.4, 0.5) is 13.2 Å². The summed E-state index contributed by atoms with van der Waals surface area (Å²) in [6.07, 6.45) is 0. The largest absolute Gasteiger partial charge is 0.338 e. The van der Waals surface area contributed by atoms with Crippen LogP contribution in [0.2, 0.25) is 0 Å². The zero-order valence-electron chi connectivity index (χ0n) is 9.97. The number of rotatable bonds is 1. The number of hydrogen-bond donors (Lipinski definition) is 1. The van der Waals surface area contributed by atoms with Crippen LogP contribution in [-0.2, 0) is 0 Å². The fourth-order valence-electron chi connectivity index (χ4n) is 2.00. The van der Waals surface area contributed by atoms with Crippen molar-refractivity contribution in [3.05, 3.63) is 53.3 Å². The number of aromatic amines is 1. The molecule has 1 heterocycles. The smallest absolute Gasteiger partial charge is 0.194 e. The molecular weight excluding hydrogens is 253 g/mol. The average molecular weight is 262 g/mol. The second-order valence-corrected chi connectivity index (χ2v) is 4.31. The van der Waals surface area contributed by atoms with Crippen molar-refractivity contribution in [2.75, 3.05) is 0 Å². The van der Waals surface area contributed by atoms with E-state index < -0.39 is 17.5 Å². The summed E-state index contributed by atoms with van der Waals surface area (Å²) in [6.45, 7) is 1.89. The van der Waals surface area contributed by atoms with Crippen LogP contribution in [0.25, 0.3) is 22.4 Å². The zero-order valence-corrected chi connectivity index (χ0v) is 9.97. The van der Waals surface area contributed by atoms with Gasteiger partial charge in [-0.3, -0.25) is 0 Å². The molecule has 0 saturated carbocycles. The number of nitrogens with one attached hydrogen (secondary N) is 1. The molecule has 0 unspecified atom stereocenters. The molecule has 2 aromatic carbocycles. The van der Waals surface area contributed by atoms with Gasteiger partial charge >= 0.3 is 0 Å². The number of H-pyrrole nitrogens is 1. The highest BCUT2D eigenvalue weighted by atomic mass is 19.2. The van der Waals surface area contributed by atoms with Crippen molar-refractivity contribution < 1.29 is 13.2 Å². The summed E-state index contributed by atoms with van der Waals surface area (Å²) in [5.74, 6) is -3.63. The van der Waals surface area contributed by atoms with Crippen LogP contribution in [0.1, 0.15) is 5.56 Å². The number of hydrogen-bond acceptors (Lipinski definition) is 1. The third-order valence-electron chi connectivity index (χ3n) is 2.97. The third kappa shape index (κ3) is 1.87. The van der Waals surface area contributed by atoms with Gasteiger partial charge in [-0.25, -0.2) is 18.2 Å². The number of para-hydroxylation sites is 1. The van der Waals surface area contributed by atoms with Gasteiger partial charge < -0.3 is 4.98 Å². The lowest BCUT2D eigenvalue weighted by Crippen LogP contribution is -1.92. The van der Waals surface area contributed by atoms with Crippen LogP contribution in [0, 0.1) is 24.4 Å². The van der Waals surface area contributed by atoms with Crippen LogP contribution < -0.4 is 0 Å². The van der Waals surface area contributed by atoms with Gasteiger partial charge in [0.25, 0.3) is 0 Å². The summed E-state index contributed by atoms with van der Waals surface area (Å²) in [5.41, 5.74) is 2.61. The molecule has 3 aromatic rings. The molecule has 0 aliphatic heterocycles. The van der Waals surface area contributed by atoms with Crippen LogP contribution >= 0.6 is 0 Å². The molecule has 3 rings (SSSR count). The van der Waals surface area contributed by atoms with Gasteiger partial charge in [0.05, 0.1) is 11.0 Å². The van der Waals surface area contributed by atoms with Gasteiger partial charge in [0.15, 0.2) is 17.5 Å². The topological polar surface area (TPSA) is 28.7 Å². The first kappa shape index (κ1) is 11.8. The predicted molar refractivity (Wildman–Crippen MR) is 66.1 cm³/mol. The first-order chi connectivity index (χ1) is 9.06. The van der Waals surface area contributed by atoms with Crippen molar-refractivity contribution in [1.82, 2.24) is 9.97 Å². The van der Waals surface area contributed by atoms with Gasteiger partial charge in [0.2, 0.25) is 0 Å². The minimum absolute atomic E-state index is 0.173. The van der Waals surface area contributed by atoms with E-state index in [9.17, 15) is 13.2 Å². The number of benzene rings is 2. The third-order valence-corrected chi connectivity index (χ3v) is 2.97. The lowest BCUT2D eigenvalue weighted by molar-refractivity contribution is 0.447. The highest BCUT2D eigenvalue weighted by molar-refractivity contribution is 5.82. The molecule has 0 radical (unpaired) electrons.